The van der Waals surface area contributed by atoms with Crippen LogP contribution in [-0.4, -0.2) is 27.7 Å². The fraction of sp³-hybridized carbons (Fsp3) is 0.500. The predicted octanol–water partition coefficient (Wildman–Crippen LogP) is 2.87. The van der Waals surface area contributed by atoms with Crippen molar-refractivity contribution in [2.75, 3.05) is 7.05 Å². The van der Waals surface area contributed by atoms with Gasteiger partial charge in [-0.3, -0.25) is 9.56 Å². The lowest BCUT2D eigenvalue weighted by atomic mass is 10.1. The van der Waals surface area contributed by atoms with Crippen LogP contribution in [0, 0.1) is 0 Å². The molecule has 0 aliphatic heterocycles. The van der Waals surface area contributed by atoms with E-state index in [1.807, 2.05) is 19.9 Å². The highest BCUT2D eigenvalue weighted by Crippen LogP contribution is 2.14. The maximum atomic E-state index is 12.7. The van der Waals surface area contributed by atoms with Crippen molar-refractivity contribution >= 4 is 29.9 Å². The van der Waals surface area contributed by atoms with E-state index in [1.54, 1.807) is 7.05 Å². The summed E-state index contributed by atoms with van der Waals surface area (Å²) in [4.78, 5) is 7.92. The highest BCUT2D eigenvalue weighted by molar-refractivity contribution is 14.0. The number of hydrogen-bond acceptors (Lipinski definition) is 4. The van der Waals surface area contributed by atoms with Gasteiger partial charge in [0.05, 0.1) is 18.8 Å². The molecule has 2 rings (SSSR count). The van der Waals surface area contributed by atoms with E-state index in [-0.39, 0.29) is 42.3 Å². The third-order valence-corrected chi connectivity index (χ3v) is 3.20. The first-order chi connectivity index (χ1) is 11.0. The molecule has 0 unspecified atom stereocenters. The molecule has 2 N–H and O–H groups in total. The monoisotopic (exact) mass is 454 g/mol. The highest BCUT2D eigenvalue weighted by Gasteiger charge is 2.12. The van der Waals surface area contributed by atoms with Gasteiger partial charge >= 0.3 is 6.55 Å². The van der Waals surface area contributed by atoms with Crippen LogP contribution in [0.25, 0.3) is 0 Å². The fourth-order valence-electron chi connectivity index (χ4n) is 1.90. The molecule has 0 atom stereocenters. The first kappa shape index (κ1) is 20.3. The minimum atomic E-state index is -2.62. The molecule has 0 amide bonds. The number of halogens is 3. The lowest BCUT2D eigenvalue weighted by Gasteiger charge is -2.11. The van der Waals surface area contributed by atoms with Crippen LogP contribution < -0.4 is 10.6 Å². The van der Waals surface area contributed by atoms with Gasteiger partial charge < -0.3 is 15.2 Å². The second-order valence-corrected chi connectivity index (χ2v) is 5.18. The summed E-state index contributed by atoms with van der Waals surface area (Å²) in [6.07, 6.45) is 2.57. The second-order valence-electron chi connectivity index (χ2n) is 5.18. The lowest BCUT2D eigenvalue weighted by molar-refractivity contribution is 0.0668. The van der Waals surface area contributed by atoms with Crippen molar-refractivity contribution in [3.63, 3.8) is 0 Å². The van der Waals surface area contributed by atoms with E-state index in [0.29, 0.717) is 18.3 Å². The Hall–Kier alpha value is -1.72. The molecule has 2 aromatic rings. The Morgan fingerprint density at radius 2 is 2.04 bits per heavy atom. The molecular formula is C14H21F2IN6O. The van der Waals surface area contributed by atoms with Crippen molar-refractivity contribution in [2.24, 2.45) is 4.99 Å². The summed E-state index contributed by atoms with van der Waals surface area (Å²) in [7, 11) is 1.59. The van der Waals surface area contributed by atoms with Crippen LogP contribution in [0.2, 0.25) is 0 Å². The Morgan fingerprint density at radius 3 is 2.62 bits per heavy atom. The smallest absolute Gasteiger partial charge is 0.319 e. The molecule has 0 bridgehead atoms. The van der Waals surface area contributed by atoms with Gasteiger partial charge in [-0.15, -0.1) is 24.0 Å². The molecule has 0 radical (unpaired) electrons. The standard InChI is InChI=1S/C14H20F2N6O.HI/c1-9(2)11-6-10(23-21-11)7-19-14(17-3)20-8-12-18-4-5-22(12)13(15)16;/h4-6,9,13H,7-8H2,1-3H3,(H2,17,19,20);1H. The van der Waals surface area contributed by atoms with Crippen molar-refractivity contribution in [3.8, 4) is 0 Å². The van der Waals surface area contributed by atoms with Crippen LogP contribution in [0.5, 0.6) is 0 Å². The minimum Gasteiger partial charge on any atom is -0.359 e. The fourth-order valence-corrected chi connectivity index (χ4v) is 1.90. The van der Waals surface area contributed by atoms with Gasteiger partial charge in [-0.05, 0) is 5.92 Å². The van der Waals surface area contributed by atoms with Gasteiger partial charge in [0.25, 0.3) is 0 Å². The van der Waals surface area contributed by atoms with Crippen LogP contribution >= 0.6 is 24.0 Å². The molecule has 7 nitrogen and oxygen atoms in total. The Kier molecular flexibility index (Phi) is 8.08. The topological polar surface area (TPSA) is 80.3 Å². The van der Waals surface area contributed by atoms with Gasteiger partial charge in [-0.25, -0.2) is 4.98 Å². The number of nitrogens with zero attached hydrogens (tertiary/aromatic N) is 4. The second kappa shape index (κ2) is 9.55. The molecule has 2 aromatic heterocycles. The Balaban J connectivity index is 0.00000288. The Morgan fingerprint density at radius 1 is 1.33 bits per heavy atom. The van der Waals surface area contributed by atoms with Gasteiger partial charge in [0.1, 0.15) is 5.82 Å². The van der Waals surface area contributed by atoms with Crippen LogP contribution in [0.15, 0.2) is 28.0 Å². The van der Waals surface area contributed by atoms with Gasteiger partial charge in [0.2, 0.25) is 0 Å². The maximum Gasteiger partial charge on any atom is 0.319 e. The molecule has 2 heterocycles. The molecule has 0 saturated carbocycles. The summed E-state index contributed by atoms with van der Waals surface area (Å²) < 4.78 is 31.5. The quantitative estimate of drug-likeness (QED) is 0.399. The zero-order chi connectivity index (χ0) is 16.8. The molecule has 10 heteroatoms. The van der Waals surface area contributed by atoms with E-state index < -0.39 is 6.55 Å². The van der Waals surface area contributed by atoms with Crippen LogP contribution in [0.3, 0.4) is 0 Å². The third-order valence-electron chi connectivity index (χ3n) is 3.20. The summed E-state index contributed by atoms with van der Waals surface area (Å²) in [6.45, 7) is 1.96. The number of nitrogens with one attached hydrogen (secondary N) is 2. The van der Waals surface area contributed by atoms with Crippen LogP contribution in [0.4, 0.5) is 8.78 Å². The number of imidazole rings is 1. The van der Waals surface area contributed by atoms with Crippen LogP contribution in [-0.2, 0) is 13.1 Å². The molecule has 0 aliphatic rings. The van der Waals surface area contributed by atoms with E-state index in [1.165, 1.54) is 12.4 Å². The number of aliphatic imine (C=N–C) groups is 1. The first-order valence-corrected chi connectivity index (χ1v) is 7.21. The summed E-state index contributed by atoms with van der Waals surface area (Å²) in [6, 6.07) is 1.87. The number of hydrogen-bond donors (Lipinski definition) is 2. The van der Waals surface area contributed by atoms with Gasteiger partial charge in [0, 0.05) is 25.5 Å². The van der Waals surface area contributed by atoms with Gasteiger partial charge in [0.15, 0.2) is 11.7 Å². The highest BCUT2D eigenvalue weighted by atomic mass is 127. The maximum absolute atomic E-state index is 12.7. The average Bonchev–Trinajstić information content (AvgIpc) is 3.16. The molecule has 134 valence electrons. The SMILES string of the molecule is CN=C(NCc1cc(C(C)C)no1)NCc1nccn1C(F)F.I. The van der Waals surface area contributed by atoms with E-state index in [2.05, 4.69) is 25.8 Å². The molecule has 0 aliphatic carbocycles. The summed E-state index contributed by atoms with van der Waals surface area (Å²) >= 11 is 0. The summed E-state index contributed by atoms with van der Waals surface area (Å²) in [5, 5.41) is 9.92. The van der Waals surface area contributed by atoms with Gasteiger partial charge in [-0.1, -0.05) is 19.0 Å². The molecule has 0 aromatic carbocycles. The van der Waals surface area contributed by atoms with E-state index in [9.17, 15) is 8.78 Å². The van der Waals surface area contributed by atoms with E-state index in [0.717, 1.165) is 10.3 Å². The third kappa shape index (κ3) is 5.42. The predicted molar refractivity (Wildman–Crippen MR) is 96.5 cm³/mol. The summed E-state index contributed by atoms with van der Waals surface area (Å²) in [5.74, 6) is 1.64. The summed E-state index contributed by atoms with van der Waals surface area (Å²) in [5.41, 5.74) is 0.878. The number of alkyl halides is 2. The largest absolute Gasteiger partial charge is 0.359 e. The average molecular weight is 454 g/mol. The van der Waals surface area contributed by atoms with Crippen molar-refractivity contribution in [3.05, 3.63) is 35.7 Å². The lowest BCUT2D eigenvalue weighted by Crippen LogP contribution is -2.36. The molecule has 0 saturated heterocycles. The Labute approximate surface area is 155 Å². The molecule has 24 heavy (non-hydrogen) atoms. The zero-order valence-electron chi connectivity index (χ0n) is 13.7. The van der Waals surface area contributed by atoms with Crippen LogP contribution in [0.1, 0.15) is 43.6 Å². The van der Waals surface area contributed by atoms with Crippen molar-refractivity contribution in [1.82, 2.24) is 25.3 Å². The normalized spacial score (nSPS) is 11.7. The Bertz CT molecular complexity index is 655. The van der Waals surface area contributed by atoms with Gasteiger partial charge in [-0.2, -0.15) is 8.78 Å². The molecule has 0 spiro atoms. The number of aromatic nitrogens is 3. The molecule has 0 fully saturated rings. The van der Waals surface area contributed by atoms with Crippen molar-refractivity contribution < 1.29 is 13.3 Å². The van der Waals surface area contributed by atoms with Crippen molar-refractivity contribution in [1.29, 1.82) is 0 Å². The molecular weight excluding hydrogens is 433 g/mol. The van der Waals surface area contributed by atoms with Crippen molar-refractivity contribution in [2.45, 2.75) is 39.4 Å². The first-order valence-electron chi connectivity index (χ1n) is 7.21. The number of rotatable bonds is 6. The van der Waals surface area contributed by atoms with E-state index in [4.69, 9.17) is 4.52 Å². The minimum absolute atomic E-state index is 0. The zero-order valence-corrected chi connectivity index (χ0v) is 16.0. The number of guanidine groups is 1. The van der Waals surface area contributed by atoms with E-state index >= 15 is 0 Å².